The number of carboxylic acid groups (broad SMARTS) is 1. The van der Waals surface area contributed by atoms with E-state index >= 15 is 0 Å². The van der Waals surface area contributed by atoms with Crippen LogP contribution in [0.5, 0.6) is 0 Å². The molecule has 0 aromatic rings. The smallest absolute Gasteiger partial charge is 0.327 e. The van der Waals surface area contributed by atoms with Crippen LogP contribution >= 0.6 is 11.8 Å². The molecule has 2 rings (SSSR count). The van der Waals surface area contributed by atoms with Crippen LogP contribution in [0.25, 0.3) is 0 Å². The number of carbonyl (C=O) groups is 2. The van der Waals surface area contributed by atoms with Crippen LogP contribution < -0.4 is 5.32 Å². The lowest BCUT2D eigenvalue weighted by atomic mass is 9.97. The van der Waals surface area contributed by atoms with E-state index in [1.807, 2.05) is 6.92 Å². The fraction of sp³-hybridized carbons (Fsp3) is 0.857. The van der Waals surface area contributed by atoms with Crippen LogP contribution in [0.4, 0.5) is 4.79 Å². The van der Waals surface area contributed by atoms with Crippen molar-refractivity contribution in [3.63, 3.8) is 0 Å². The Kier molecular flexibility index (Phi) is 5.75. The first-order chi connectivity index (χ1) is 10.0. The number of piperidine rings is 1. The summed E-state index contributed by atoms with van der Waals surface area (Å²) in [5.74, 6) is 0.0758. The monoisotopic (exact) mass is 315 g/mol. The third-order valence-corrected chi connectivity index (χ3v) is 5.79. The van der Waals surface area contributed by atoms with Crippen molar-refractivity contribution >= 4 is 23.8 Å². The van der Waals surface area contributed by atoms with E-state index in [0.717, 1.165) is 32.4 Å². The molecule has 7 heteroatoms. The second-order valence-corrected chi connectivity index (χ2v) is 7.10. The summed E-state index contributed by atoms with van der Waals surface area (Å²) in [6, 6.07) is -0.921. The van der Waals surface area contributed by atoms with E-state index in [4.69, 9.17) is 0 Å². The molecule has 2 unspecified atom stereocenters. The zero-order valence-electron chi connectivity index (χ0n) is 12.7. The number of hydrogen-bond acceptors (Lipinski definition) is 4. The largest absolute Gasteiger partial charge is 0.480 e. The Morgan fingerprint density at radius 1 is 1.33 bits per heavy atom. The minimum atomic E-state index is -0.909. The summed E-state index contributed by atoms with van der Waals surface area (Å²) < 4.78 is 0. The van der Waals surface area contributed by atoms with E-state index in [2.05, 4.69) is 17.3 Å². The number of nitrogens with zero attached hydrogens (tertiary/aromatic N) is 2. The van der Waals surface area contributed by atoms with Gasteiger partial charge in [-0.15, -0.1) is 11.8 Å². The molecular formula is C14H25N3O3S. The van der Waals surface area contributed by atoms with Gasteiger partial charge >= 0.3 is 12.0 Å². The van der Waals surface area contributed by atoms with E-state index in [1.54, 1.807) is 11.8 Å². The molecule has 2 aliphatic rings. The van der Waals surface area contributed by atoms with Crippen molar-refractivity contribution in [1.29, 1.82) is 0 Å². The van der Waals surface area contributed by atoms with E-state index in [-0.39, 0.29) is 11.4 Å². The van der Waals surface area contributed by atoms with Crippen molar-refractivity contribution in [2.45, 2.75) is 37.6 Å². The van der Waals surface area contributed by atoms with Crippen molar-refractivity contribution in [3.05, 3.63) is 0 Å². The highest BCUT2D eigenvalue weighted by molar-refractivity contribution is 8.00. The lowest BCUT2D eigenvalue weighted by Gasteiger charge is -2.31. The molecule has 2 saturated heterocycles. The van der Waals surface area contributed by atoms with Gasteiger partial charge in [-0.3, -0.25) is 4.90 Å². The third-order valence-electron chi connectivity index (χ3n) is 4.34. The lowest BCUT2D eigenvalue weighted by molar-refractivity contribution is -0.141. The predicted molar refractivity (Wildman–Crippen MR) is 83.4 cm³/mol. The van der Waals surface area contributed by atoms with Gasteiger partial charge in [0.25, 0.3) is 0 Å². The van der Waals surface area contributed by atoms with E-state index in [9.17, 15) is 14.7 Å². The maximum absolute atomic E-state index is 12.4. The summed E-state index contributed by atoms with van der Waals surface area (Å²) in [5, 5.41) is 12.2. The van der Waals surface area contributed by atoms with E-state index in [0.29, 0.717) is 18.2 Å². The highest BCUT2D eigenvalue weighted by atomic mass is 32.2. The maximum atomic E-state index is 12.4. The second kappa shape index (κ2) is 7.35. The number of hydrogen-bond donors (Lipinski definition) is 2. The Bertz CT molecular complexity index is 386. The second-order valence-electron chi connectivity index (χ2n) is 5.89. The summed E-state index contributed by atoms with van der Waals surface area (Å²) >= 11 is 1.55. The van der Waals surface area contributed by atoms with E-state index < -0.39 is 12.0 Å². The van der Waals surface area contributed by atoms with Crippen LogP contribution in [-0.2, 0) is 4.79 Å². The molecule has 2 atom stereocenters. The number of aliphatic carboxylic acids is 1. The van der Waals surface area contributed by atoms with Gasteiger partial charge in [0.05, 0.1) is 5.37 Å². The van der Waals surface area contributed by atoms with Gasteiger partial charge in [0.1, 0.15) is 6.04 Å². The first-order valence-corrected chi connectivity index (χ1v) is 8.67. The molecule has 0 saturated carbocycles. The highest BCUT2D eigenvalue weighted by Gasteiger charge is 2.40. The fourth-order valence-corrected chi connectivity index (χ4v) is 4.28. The normalized spacial score (nSPS) is 27.8. The van der Waals surface area contributed by atoms with Gasteiger partial charge in [0.15, 0.2) is 0 Å². The van der Waals surface area contributed by atoms with E-state index in [1.165, 1.54) is 4.90 Å². The average Bonchev–Trinajstić information content (AvgIpc) is 2.90. The third kappa shape index (κ3) is 4.03. The molecule has 2 heterocycles. The molecule has 0 aliphatic carbocycles. The zero-order valence-corrected chi connectivity index (χ0v) is 13.6. The van der Waals surface area contributed by atoms with Gasteiger partial charge in [-0.2, -0.15) is 0 Å². The number of urea groups is 1. The molecule has 21 heavy (non-hydrogen) atoms. The van der Waals surface area contributed by atoms with Gasteiger partial charge in [0.2, 0.25) is 0 Å². The van der Waals surface area contributed by atoms with Crippen LogP contribution in [0.3, 0.4) is 0 Å². The zero-order chi connectivity index (χ0) is 15.4. The summed E-state index contributed by atoms with van der Waals surface area (Å²) in [6.45, 7) is 4.76. The topological polar surface area (TPSA) is 72.9 Å². The van der Waals surface area contributed by atoms with Crippen molar-refractivity contribution in [1.82, 2.24) is 15.1 Å². The molecule has 0 bridgehead atoms. The number of amides is 2. The van der Waals surface area contributed by atoms with Gasteiger partial charge in [-0.1, -0.05) is 6.92 Å². The van der Waals surface area contributed by atoms with Crippen molar-refractivity contribution in [3.8, 4) is 0 Å². The van der Waals surface area contributed by atoms with Crippen molar-refractivity contribution in [2.75, 3.05) is 32.4 Å². The maximum Gasteiger partial charge on any atom is 0.327 e. The Morgan fingerprint density at radius 2 is 2.00 bits per heavy atom. The molecule has 0 aromatic carbocycles. The quantitative estimate of drug-likeness (QED) is 0.817. The molecular weight excluding hydrogens is 290 g/mol. The standard InChI is InChI=1S/C14H25N3O3S/c1-3-12-17(11(9-21-12)13(18)19)14(20)15-8-10-4-6-16(2)7-5-10/h10-12H,3-9H2,1-2H3,(H,15,20)(H,18,19). The molecule has 0 radical (unpaired) electrons. The predicted octanol–water partition coefficient (Wildman–Crippen LogP) is 1.28. The Labute approximate surface area is 130 Å². The molecule has 2 amide bonds. The van der Waals surface area contributed by atoms with Crippen LogP contribution in [0.2, 0.25) is 0 Å². The molecule has 2 fully saturated rings. The summed E-state index contributed by atoms with van der Waals surface area (Å²) in [4.78, 5) is 27.5. The molecule has 0 spiro atoms. The first kappa shape index (κ1) is 16.4. The summed E-state index contributed by atoms with van der Waals surface area (Å²) in [7, 11) is 2.11. The first-order valence-electron chi connectivity index (χ1n) is 7.62. The minimum Gasteiger partial charge on any atom is -0.480 e. The van der Waals surface area contributed by atoms with Crippen LogP contribution in [-0.4, -0.2) is 70.8 Å². The number of carbonyl (C=O) groups excluding carboxylic acids is 1. The number of nitrogens with one attached hydrogen (secondary N) is 1. The molecule has 0 aromatic heterocycles. The summed E-state index contributed by atoms with van der Waals surface area (Å²) in [5.41, 5.74) is 0. The Morgan fingerprint density at radius 3 is 2.57 bits per heavy atom. The molecule has 120 valence electrons. The van der Waals surface area contributed by atoms with Crippen molar-refractivity contribution in [2.24, 2.45) is 5.92 Å². The fourth-order valence-electron chi connectivity index (χ4n) is 2.93. The number of carboxylic acids is 1. The average molecular weight is 315 g/mol. The van der Waals surface area contributed by atoms with Gasteiger partial charge in [-0.05, 0) is 45.3 Å². The van der Waals surface area contributed by atoms with Crippen LogP contribution in [0, 0.1) is 5.92 Å². The van der Waals surface area contributed by atoms with Crippen LogP contribution in [0.1, 0.15) is 26.2 Å². The molecule has 2 N–H and O–H groups in total. The lowest BCUT2D eigenvalue weighted by Crippen LogP contribution is -2.51. The van der Waals surface area contributed by atoms with Crippen molar-refractivity contribution < 1.29 is 14.7 Å². The Hall–Kier alpha value is -0.950. The molecule has 6 nitrogen and oxygen atoms in total. The van der Waals surface area contributed by atoms with Gasteiger partial charge < -0.3 is 15.3 Å². The SMILES string of the molecule is CCC1SCC(C(=O)O)N1C(=O)NCC1CCN(C)CC1. The van der Waals surface area contributed by atoms with Crippen LogP contribution in [0.15, 0.2) is 0 Å². The molecule has 2 aliphatic heterocycles. The Balaban J connectivity index is 1.87. The number of likely N-dealkylation sites (tertiary alicyclic amines) is 1. The summed E-state index contributed by atoms with van der Waals surface area (Å²) in [6.07, 6.45) is 2.95. The van der Waals surface area contributed by atoms with Gasteiger partial charge in [-0.25, -0.2) is 9.59 Å². The highest BCUT2D eigenvalue weighted by Crippen LogP contribution is 2.31. The number of rotatable bonds is 4. The minimum absolute atomic E-state index is 0.0245. The van der Waals surface area contributed by atoms with Gasteiger partial charge in [0, 0.05) is 12.3 Å². The number of thioether (sulfide) groups is 1.